The number of hydrogen-bond acceptors (Lipinski definition) is 3. The van der Waals surface area contributed by atoms with Crippen molar-refractivity contribution >= 4 is 11.7 Å². The molecule has 1 aromatic carbocycles. The van der Waals surface area contributed by atoms with Gasteiger partial charge in [0.05, 0.1) is 13.0 Å². The molecule has 17 heavy (non-hydrogen) atoms. The summed E-state index contributed by atoms with van der Waals surface area (Å²) in [6.45, 7) is 5.38. The summed E-state index contributed by atoms with van der Waals surface area (Å²) in [4.78, 5) is 11.3. The molecule has 94 valence electrons. The zero-order valence-electron chi connectivity index (χ0n) is 10.6. The fourth-order valence-corrected chi connectivity index (χ4v) is 1.51. The standard InChI is InChI=1S/C13H18FNO2/c1-8-7-11(5-6-12(8)14)15-10(3)9(2)13(16)17-4/h5-7,9-10,15H,1-4H3. The summed E-state index contributed by atoms with van der Waals surface area (Å²) in [5.41, 5.74) is 1.38. The molecular weight excluding hydrogens is 221 g/mol. The van der Waals surface area contributed by atoms with Crippen LogP contribution in [0.5, 0.6) is 0 Å². The van der Waals surface area contributed by atoms with Gasteiger partial charge in [-0.05, 0) is 44.5 Å². The highest BCUT2D eigenvalue weighted by atomic mass is 19.1. The average Bonchev–Trinajstić information content (AvgIpc) is 2.31. The fourth-order valence-electron chi connectivity index (χ4n) is 1.51. The lowest BCUT2D eigenvalue weighted by Gasteiger charge is -2.20. The van der Waals surface area contributed by atoms with Gasteiger partial charge >= 0.3 is 5.97 Å². The maximum Gasteiger partial charge on any atom is 0.310 e. The first-order chi connectivity index (χ1) is 7.95. The van der Waals surface area contributed by atoms with E-state index < -0.39 is 0 Å². The van der Waals surface area contributed by atoms with Crippen LogP contribution in [-0.2, 0) is 9.53 Å². The zero-order chi connectivity index (χ0) is 13.0. The van der Waals surface area contributed by atoms with Crippen LogP contribution in [0, 0.1) is 18.7 Å². The SMILES string of the molecule is COC(=O)C(C)C(C)Nc1ccc(F)c(C)c1. The Bertz CT molecular complexity index is 406. The van der Waals surface area contributed by atoms with Crippen molar-refractivity contribution in [3.8, 4) is 0 Å². The fraction of sp³-hybridized carbons (Fsp3) is 0.462. The molecule has 0 aromatic heterocycles. The molecule has 0 heterocycles. The van der Waals surface area contributed by atoms with Gasteiger partial charge < -0.3 is 10.1 Å². The van der Waals surface area contributed by atoms with E-state index in [4.69, 9.17) is 0 Å². The van der Waals surface area contributed by atoms with Crippen molar-refractivity contribution in [1.82, 2.24) is 0 Å². The number of aryl methyl sites for hydroxylation is 1. The number of rotatable bonds is 4. The van der Waals surface area contributed by atoms with Gasteiger partial charge in [-0.25, -0.2) is 4.39 Å². The van der Waals surface area contributed by atoms with Gasteiger partial charge in [-0.3, -0.25) is 4.79 Å². The van der Waals surface area contributed by atoms with Crippen LogP contribution >= 0.6 is 0 Å². The second-order valence-electron chi connectivity index (χ2n) is 4.21. The number of carbonyl (C=O) groups is 1. The third kappa shape index (κ3) is 3.44. The number of methoxy groups -OCH3 is 1. The van der Waals surface area contributed by atoms with Crippen LogP contribution in [0.1, 0.15) is 19.4 Å². The third-order valence-corrected chi connectivity index (χ3v) is 2.88. The monoisotopic (exact) mass is 239 g/mol. The highest BCUT2D eigenvalue weighted by Crippen LogP contribution is 2.17. The van der Waals surface area contributed by atoms with E-state index >= 15 is 0 Å². The molecule has 0 saturated carbocycles. The van der Waals surface area contributed by atoms with Crippen LogP contribution in [0.3, 0.4) is 0 Å². The zero-order valence-corrected chi connectivity index (χ0v) is 10.6. The molecule has 1 rings (SSSR count). The highest BCUT2D eigenvalue weighted by Gasteiger charge is 2.20. The number of esters is 1. The predicted molar refractivity (Wildman–Crippen MR) is 65.4 cm³/mol. The Kier molecular flexibility index (Phi) is 4.49. The minimum absolute atomic E-state index is 0.0766. The van der Waals surface area contributed by atoms with Crippen LogP contribution in [-0.4, -0.2) is 19.1 Å². The molecule has 1 aromatic rings. The minimum atomic E-state index is -0.260. The highest BCUT2D eigenvalue weighted by molar-refractivity contribution is 5.73. The summed E-state index contributed by atoms with van der Waals surface area (Å²) in [5.74, 6) is -0.751. The van der Waals surface area contributed by atoms with Gasteiger partial charge in [0.1, 0.15) is 5.82 Å². The molecule has 1 N–H and O–H groups in total. The quantitative estimate of drug-likeness (QED) is 0.821. The van der Waals surface area contributed by atoms with Crippen molar-refractivity contribution < 1.29 is 13.9 Å². The van der Waals surface area contributed by atoms with E-state index in [1.54, 1.807) is 26.0 Å². The van der Waals surface area contributed by atoms with Crippen molar-refractivity contribution in [2.75, 3.05) is 12.4 Å². The number of hydrogen-bond donors (Lipinski definition) is 1. The molecule has 2 atom stereocenters. The van der Waals surface area contributed by atoms with Crippen molar-refractivity contribution in [1.29, 1.82) is 0 Å². The second kappa shape index (κ2) is 5.66. The Morgan fingerprint density at radius 3 is 2.59 bits per heavy atom. The van der Waals surface area contributed by atoms with Gasteiger partial charge in [0, 0.05) is 11.7 Å². The van der Waals surface area contributed by atoms with Crippen LogP contribution in [0.15, 0.2) is 18.2 Å². The number of carbonyl (C=O) groups excluding carboxylic acids is 1. The van der Waals surface area contributed by atoms with Gasteiger partial charge in [0.2, 0.25) is 0 Å². The molecule has 0 amide bonds. The summed E-state index contributed by atoms with van der Waals surface area (Å²) in [6.07, 6.45) is 0. The van der Waals surface area contributed by atoms with Crippen molar-refractivity contribution in [2.24, 2.45) is 5.92 Å². The van der Waals surface area contributed by atoms with Gasteiger partial charge in [-0.1, -0.05) is 0 Å². The summed E-state index contributed by atoms with van der Waals surface area (Å²) in [7, 11) is 1.37. The largest absolute Gasteiger partial charge is 0.469 e. The first-order valence-corrected chi connectivity index (χ1v) is 5.56. The molecule has 0 fully saturated rings. The van der Waals surface area contributed by atoms with E-state index in [0.29, 0.717) is 5.56 Å². The van der Waals surface area contributed by atoms with Crippen LogP contribution in [0.25, 0.3) is 0 Å². The van der Waals surface area contributed by atoms with Gasteiger partial charge in [0.15, 0.2) is 0 Å². The summed E-state index contributed by atoms with van der Waals surface area (Å²) in [5, 5.41) is 3.16. The molecular formula is C13H18FNO2. The lowest BCUT2D eigenvalue weighted by atomic mass is 10.0. The lowest BCUT2D eigenvalue weighted by Crippen LogP contribution is -2.30. The number of benzene rings is 1. The summed E-state index contributed by atoms with van der Waals surface area (Å²) >= 11 is 0. The normalized spacial score (nSPS) is 13.9. The molecule has 0 aliphatic heterocycles. The lowest BCUT2D eigenvalue weighted by molar-refractivity contribution is -0.145. The molecule has 0 aliphatic carbocycles. The molecule has 0 aliphatic rings. The molecule has 0 spiro atoms. The van der Waals surface area contributed by atoms with Crippen molar-refractivity contribution in [3.63, 3.8) is 0 Å². The van der Waals surface area contributed by atoms with Crippen molar-refractivity contribution in [2.45, 2.75) is 26.8 Å². The number of anilines is 1. The predicted octanol–water partition coefficient (Wildman–Crippen LogP) is 2.74. The number of halogens is 1. The minimum Gasteiger partial charge on any atom is -0.469 e. The first-order valence-electron chi connectivity index (χ1n) is 5.56. The Hall–Kier alpha value is -1.58. The van der Waals surface area contributed by atoms with Crippen LogP contribution in [0.4, 0.5) is 10.1 Å². The molecule has 0 radical (unpaired) electrons. The molecule has 0 saturated heterocycles. The Morgan fingerprint density at radius 1 is 1.41 bits per heavy atom. The number of ether oxygens (including phenoxy) is 1. The Balaban J connectivity index is 2.70. The van der Waals surface area contributed by atoms with Gasteiger partial charge in [-0.15, -0.1) is 0 Å². The van der Waals surface area contributed by atoms with Crippen molar-refractivity contribution in [3.05, 3.63) is 29.6 Å². The topological polar surface area (TPSA) is 38.3 Å². The van der Waals surface area contributed by atoms with Gasteiger partial charge in [0.25, 0.3) is 0 Å². The summed E-state index contributed by atoms with van der Waals surface area (Å²) in [6, 6.07) is 4.71. The second-order valence-corrected chi connectivity index (χ2v) is 4.21. The van der Waals surface area contributed by atoms with E-state index in [2.05, 4.69) is 10.1 Å². The maximum absolute atomic E-state index is 13.1. The van der Waals surface area contributed by atoms with E-state index in [-0.39, 0.29) is 23.7 Å². The van der Waals surface area contributed by atoms with Crippen LogP contribution in [0.2, 0.25) is 0 Å². The number of nitrogens with one attached hydrogen (secondary N) is 1. The third-order valence-electron chi connectivity index (χ3n) is 2.88. The molecule has 2 unspecified atom stereocenters. The summed E-state index contributed by atoms with van der Waals surface area (Å²) < 4.78 is 17.8. The van der Waals surface area contributed by atoms with E-state index in [1.807, 2.05) is 6.92 Å². The van der Waals surface area contributed by atoms with E-state index in [0.717, 1.165) is 5.69 Å². The van der Waals surface area contributed by atoms with Crippen LogP contribution < -0.4 is 5.32 Å². The average molecular weight is 239 g/mol. The smallest absolute Gasteiger partial charge is 0.310 e. The van der Waals surface area contributed by atoms with E-state index in [9.17, 15) is 9.18 Å². The Morgan fingerprint density at radius 2 is 2.06 bits per heavy atom. The molecule has 4 heteroatoms. The van der Waals surface area contributed by atoms with Gasteiger partial charge in [-0.2, -0.15) is 0 Å². The molecule has 3 nitrogen and oxygen atoms in total. The maximum atomic E-state index is 13.1. The molecule has 0 bridgehead atoms. The first kappa shape index (κ1) is 13.5. The van der Waals surface area contributed by atoms with E-state index in [1.165, 1.54) is 13.2 Å². The Labute approximate surface area is 101 Å².